The van der Waals surface area contributed by atoms with Gasteiger partial charge in [0.05, 0.1) is 18.1 Å². The number of hydrogen-bond acceptors (Lipinski definition) is 6. The zero-order valence-corrected chi connectivity index (χ0v) is 12.8. The van der Waals surface area contributed by atoms with Crippen LogP contribution in [-0.2, 0) is 11.3 Å². The summed E-state index contributed by atoms with van der Waals surface area (Å²) >= 11 is 1.69. The van der Waals surface area contributed by atoms with E-state index in [9.17, 15) is 10.1 Å². The van der Waals surface area contributed by atoms with Crippen LogP contribution in [0.2, 0.25) is 0 Å². The van der Waals surface area contributed by atoms with Gasteiger partial charge in [0.2, 0.25) is 0 Å². The highest BCUT2D eigenvalue weighted by atomic mass is 32.1. The van der Waals surface area contributed by atoms with E-state index in [1.54, 1.807) is 23.5 Å². The molecule has 1 aliphatic rings. The highest BCUT2D eigenvalue weighted by Gasteiger charge is 2.14. The van der Waals surface area contributed by atoms with Crippen LogP contribution in [0.4, 0.5) is 11.4 Å². The van der Waals surface area contributed by atoms with Crippen molar-refractivity contribution in [2.75, 3.05) is 32.0 Å². The maximum absolute atomic E-state index is 10.8. The van der Waals surface area contributed by atoms with E-state index in [1.165, 1.54) is 10.9 Å². The number of benzene rings is 1. The Labute approximate surface area is 132 Å². The summed E-state index contributed by atoms with van der Waals surface area (Å²) in [5, 5.41) is 10.8. The van der Waals surface area contributed by atoms with Crippen molar-refractivity contribution in [3.05, 3.63) is 45.3 Å². The van der Waals surface area contributed by atoms with Crippen molar-refractivity contribution in [1.29, 1.82) is 0 Å². The van der Waals surface area contributed by atoms with Gasteiger partial charge in [-0.15, -0.1) is 11.3 Å². The molecule has 1 aliphatic heterocycles. The Morgan fingerprint density at radius 1 is 1.27 bits per heavy atom. The monoisotopic (exact) mass is 319 g/mol. The number of nitro groups is 1. The van der Waals surface area contributed by atoms with E-state index in [-0.39, 0.29) is 11.4 Å². The van der Waals surface area contributed by atoms with Gasteiger partial charge in [0, 0.05) is 35.5 Å². The second-order valence-corrected chi connectivity index (χ2v) is 6.35. The Morgan fingerprint density at radius 3 is 2.73 bits per heavy atom. The number of nitrogen functional groups attached to an aromatic ring is 1. The van der Waals surface area contributed by atoms with E-state index in [1.807, 2.05) is 6.07 Å². The first-order chi connectivity index (χ1) is 10.6. The molecule has 1 aromatic carbocycles. The second-order valence-electron chi connectivity index (χ2n) is 5.19. The fraction of sp³-hybridized carbons (Fsp3) is 0.333. The van der Waals surface area contributed by atoms with E-state index in [0.717, 1.165) is 43.3 Å². The molecule has 7 heteroatoms. The van der Waals surface area contributed by atoms with Crippen molar-refractivity contribution in [1.82, 2.24) is 4.90 Å². The van der Waals surface area contributed by atoms with Gasteiger partial charge in [-0.1, -0.05) is 0 Å². The molecule has 0 bridgehead atoms. The number of hydrogen-bond donors (Lipinski definition) is 1. The van der Waals surface area contributed by atoms with Gasteiger partial charge in [-0.05, 0) is 29.8 Å². The van der Waals surface area contributed by atoms with E-state index in [2.05, 4.69) is 11.0 Å². The first-order valence-corrected chi connectivity index (χ1v) is 7.88. The van der Waals surface area contributed by atoms with Crippen LogP contribution in [0.3, 0.4) is 0 Å². The molecule has 0 unspecified atom stereocenters. The van der Waals surface area contributed by atoms with Crippen LogP contribution in [0.5, 0.6) is 0 Å². The summed E-state index contributed by atoms with van der Waals surface area (Å²) in [5.41, 5.74) is 6.83. The summed E-state index contributed by atoms with van der Waals surface area (Å²) < 4.78 is 5.35. The maximum atomic E-state index is 10.8. The van der Waals surface area contributed by atoms with Crippen molar-refractivity contribution in [3.63, 3.8) is 0 Å². The fourth-order valence-corrected chi connectivity index (χ4v) is 3.52. The summed E-state index contributed by atoms with van der Waals surface area (Å²) in [6, 6.07) is 9.03. The van der Waals surface area contributed by atoms with Crippen LogP contribution in [-0.4, -0.2) is 36.1 Å². The molecule has 3 rings (SSSR count). The number of nitrogens with zero attached hydrogens (tertiary/aromatic N) is 2. The second kappa shape index (κ2) is 6.43. The lowest BCUT2D eigenvalue weighted by molar-refractivity contribution is -0.383. The van der Waals surface area contributed by atoms with Crippen LogP contribution in [0.15, 0.2) is 30.3 Å². The minimum Gasteiger partial charge on any atom is -0.393 e. The predicted octanol–water partition coefficient (Wildman–Crippen LogP) is 2.74. The first-order valence-electron chi connectivity index (χ1n) is 7.06. The summed E-state index contributed by atoms with van der Waals surface area (Å²) in [6.45, 7) is 4.40. The van der Waals surface area contributed by atoms with Crippen LogP contribution in [0.25, 0.3) is 10.4 Å². The predicted molar refractivity (Wildman–Crippen MR) is 86.9 cm³/mol. The van der Waals surface area contributed by atoms with Crippen molar-refractivity contribution in [3.8, 4) is 10.4 Å². The van der Waals surface area contributed by atoms with Crippen molar-refractivity contribution in [2.24, 2.45) is 0 Å². The molecule has 116 valence electrons. The lowest BCUT2D eigenvalue weighted by Crippen LogP contribution is -2.35. The number of nitro benzene ring substituents is 1. The maximum Gasteiger partial charge on any atom is 0.292 e. The highest BCUT2D eigenvalue weighted by molar-refractivity contribution is 7.15. The molecular weight excluding hydrogens is 302 g/mol. The third kappa shape index (κ3) is 3.27. The topological polar surface area (TPSA) is 81.6 Å². The molecule has 1 saturated heterocycles. The average molecular weight is 319 g/mol. The largest absolute Gasteiger partial charge is 0.393 e. The zero-order valence-electron chi connectivity index (χ0n) is 12.0. The number of morpholine rings is 1. The van der Waals surface area contributed by atoms with E-state index in [4.69, 9.17) is 10.5 Å². The minimum absolute atomic E-state index is 0.0474. The third-order valence-electron chi connectivity index (χ3n) is 3.65. The van der Waals surface area contributed by atoms with Crippen LogP contribution < -0.4 is 5.73 Å². The molecular formula is C15H17N3O3S. The molecule has 0 radical (unpaired) electrons. The summed E-state index contributed by atoms with van der Waals surface area (Å²) in [5.74, 6) is 0. The number of nitrogens with two attached hydrogens (primary N) is 1. The van der Waals surface area contributed by atoms with Crippen LogP contribution >= 0.6 is 11.3 Å². The van der Waals surface area contributed by atoms with E-state index >= 15 is 0 Å². The lowest BCUT2D eigenvalue weighted by atomic mass is 10.1. The molecule has 0 aliphatic carbocycles. The molecule has 2 aromatic rings. The quantitative estimate of drug-likeness (QED) is 0.532. The van der Waals surface area contributed by atoms with Gasteiger partial charge in [-0.3, -0.25) is 15.0 Å². The van der Waals surface area contributed by atoms with Gasteiger partial charge in [0.15, 0.2) is 0 Å². The molecule has 0 atom stereocenters. The van der Waals surface area contributed by atoms with Crippen molar-refractivity contribution < 1.29 is 9.66 Å². The summed E-state index contributed by atoms with van der Waals surface area (Å²) in [4.78, 5) is 15.1. The van der Waals surface area contributed by atoms with Gasteiger partial charge in [-0.25, -0.2) is 0 Å². The fourth-order valence-electron chi connectivity index (χ4n) is 2.47. The smallest absolute Gasteiger partial charge is 0.292 e. The molecule has 0 spiro atoms. The number of ether oxygens (including phenoxy) is 1. The van der Waals surface area contributed by atoms with E-state index < -0.39 is 4.92 Å². The lowest BCUT2D eigenvalue weighted by Gasteiger charge is -2.25. The summed E-state index contributed by atoms with van der Waals surface area (Å²) in [6.07, 6.45) is 0. The number of anilines is 1. The van der Waals surface area contributed by atoms with Crippen LogP contribution in [0.1, 0.15) is 4.88 Å². The Bertz CT molecular complexity index is 680. The first kappa shape index (κ1) is 15.0. The van der Waals surface area contributed by atoms with Crippen LogP contribution in [0, 0.1) is 10.1 Å². The Hall–Kier alpha value is -1.96. The van der Waals surface area contributed by atoms with E-state index in [0.29, 0.717) is 0 Å². The van der Waals surface area contributed by atoms with Gasteiger partial charge in [0.25, 0.3) is 5.69 Å². The molecule has 2 N–H and O–H groups in total. The number of rotatable bonds is 4. The molecule has 22 heavy (non-hydrogen) atoms. The molecule has 6 nitrogen and oxygen atoms in total. The standard InChI is InChI=1S/C15H17N3O3S/c16-13-9-11(1-3-14(13)18(19)20)15-4-2-12(22-15)10-17-5-7-21-8-6-17/h1-4,9H,5-8,10,16H2. The molecule has 1 aromatic heterocycles. The SMILES string of the molecule is Nc1cc(-c2ccc(CN3CCOCC3)s2)ccc1[N+](=O)[O-]. The third-order valence-corrected chi connectivity index (χ3v) is 4.77. The molecule has 2 heterocycles. The van der Waals surface area contributed by atoms with Gasteiger partial charge >= 0.3 is 0 Å². The highest BCUT2D eigenvalue weighted by Crippen LogP contribution is 2.33. The van der Waals surface area contributed by atoms with Gasteiger partial charge in [-0.2, -0.15) is 0 Å². The van der Waals surface area contributed by atoms with Crippen molar-refractivity contribution >= 4 is 22.7 Å². The zero-order chi connectivity index (χ0) is 15.5. The molecule has 1 fully saturated rings. The normalized spacial score (nSPS) is 15.8. The minimum atomic E-state index is -0.461. The Balaban J connectivity index is 1.75. The number of thiophene rings is 1. The van der Waals surface area contributed by atoms with Gasteiger partial charge in [0.1, 0.15) is 5.69 Å². The average Bonchev–Trinajstić information content (AvgIpc) is 2.96. The Kier molecular flexibility index (Phi) is 4.37. The molecule has 0 saturated carbocycles. The van der Waals surface area contributed by atoms with Gasteiger partial charge < -0.3 is 10.5 Å². The molecule has 0 amide bonds. The van der Waals surface area contributed by atoms with Crippen molar-refractivity contribution in [2.45, 2.75) is 6.54 Å². The Morgan fingerprint density at radius 2 is 2.05 bits per heavy atom. The summed E-state index contributed by atoms with van der Waals surface area (Å²) in [7, 11) is 0.